The van der Waals surface area contributed by atoms with Gasteiger partial charge in [0.2, 0.25) is 5.91 Å². The minimum atomic E-state index is -0.475. The van der Waals surface area contributed by atoms with Gasteiger partial charge in [0.05, 0.1) is 19.1 Å². The number of rotatable bonds is 4. The van der Waals surface area contributed by atoms with Crippen LogP contribution in [0.3, 0.4) is 0 Å². The number of halogens is 1. The summed E-state index contributed by atoms with van der Waals surface area (Å²) >= 11 is 0. The number of aromatic nitrogens is 1. The molecule has 3 rings (SSSR count). The molecule has 6 nitrogen and oxygen atoms in total. The Kier molecular flexibility index (Phi) is 5.55. The van der Waals surface area contributed by atoms with E-state index < -0.39 is 5.82 Å². The summed E-state index contributed by atoms with van der Waals surface area (Å²) in [5.41, 5.74) is 1.23. The standard InChI is InChI=1S/C19H22FN3O3/c1-26-17-4-3-14(11-16(17)20)12-18(24)22-7-2-8-23(10-9-22)19(25)15-5-6-21-13-15/h3-6,11,13,21H,2,7-10,12H2,1H3. The zero-order chi connectivity index (χ0) is 18.5. The monoisotopic (exact) mass is 359 g/mol. The van der Waals surface area contributed by atoms with Gasteiger partial charge in [-0.25, -0.2) is 4.39 Å². The summed E-state index contributed by atoms with van der Waals surface area (Å²) in [4.78, 5) is 31.4. The van der Waals surface area contributed by atoms with Crippen LogP contribution in [0.2, 0.25) is 0 Å². The summed E-state index contributed by atoms with van der Waals surface area (Å²) in [5.74, 6) is -0.407. The van der Waals surface area contributed by atoms with Gasteiger partial charge >= 0.3 is 0 Å². The molecule has 7 heteroatoms. The highest BCUT2D eigenvalue weighted by Gasteiger charge is 2.23. The molecule has 1 aromatic heterocycles. The van der Waals surface area contributed by atoms with E-state index in [1.165, 1.54) is 19.2 Å². The first-order valence-corrected chi connectivity index (χ1v) is 8.60. The van der Waals surface area contributed by atoms with E-state index >= 15 is 0 Å². The van der Waals surface area contributed by atoms with Crippen molar-refractivity contribution < 1.29 is 18.7 Å². The number of nitrogens with zero attached hydrogens (tertiary/aromatic N) is 2. The molecule has 1 N–H and O–H groups in total. The van der Waals surface area contributed by atoms with Crippen LogP contribution in [0.4, 0.5) is 4.39 Å². The lowest BCUT2D eigenvalue weighted by Crippen LogP contribution is -2.37. The molecule has 1 aromatic carbocycles. The van der Waals surface area contributed by atoms with Crippen LogP contribution in [0.1, 0.15) is 22.3 Å². The quantitative estimate of drug-likeness (QED) is 0.909. The molecule has 0 aliphatic carbocycles. The molecule has 0 saturated carbocycles. The molecule has 0 unspecified atom stereocenters. The fourth-order valence-electron chi connectivity index (χ4n) is 3.12. The van der Waals surface area contributed by atoms with Crippen molar-refractivity contribution in [2.75, 3.05) is 33.3 Å². The van der Waals surface area contributed by atoms with Gasteiger partial charge in [0.1, 0.15) is 0 Å². The molecule has 26 heavy (non-hydrogen) atoms. The smallest absolute Gasteiger partial charge is 0.255 e. The van der Waals surface area contributed by atoms with Crippen LogP contribution in [0.5, 0.6) is 5.75 Å². The van der Waals surface area contributed by atoms with E-state index in [0.29, 0.717) is 37.3 Å². The molecule has 0 bridgehead atoms. The van der Waals surface area contributed by atoms with Crippen LogP contribution in [-0.2, 0) is 11.2 Å². The Morgan fingerprint density at radius 2 is 1.92 bits per heavy atom. The molecule has 2 aromatic rings. The van der Waals surface area contributed by atoms with Crippen LogP contribution in [0, 0.1) is 5.82 Å². The number of methoxy groups -OCH3 is 1. The van der Waals surface area contributed by atoms with E-state index in [9.17, 15) is 14.0 Å². The maximum atomic E-state index is 13.8. The van der Waals surface area contributed by atoms with Crippen LogP contribution < -0.4 is 4.74 Å². The summed E-state index contributed by atoms with van der Waals surface area (Å²) in [6.07, 6.45) is 4.24. The van der Waals surface area contributed by atoms with Crippen LogP contribution in [-0.4, -0.2) is 59.9 Å². The second kappa shape index (κ2) is 8.03. The van der Waals surface area contributed by atoms with Crippen molar-refractivity contribution in [1.29, 1.82) is 0 Å². The normalized spacial score (nSPS) is 14.8. The maximum Gasteiger partial charge on any atom is 0.255 e. The molecular formula is C19H22FN3O3. The Balaban J connectivity index is 1.59. The highest BCUT2D eigenvalue weighted by molar-refractivity contribution is 5.94. The van der Waals surface area contributed by atoms with E-state index in [0.717, 1.165) is 6.42 Å². The minimum absolute atomic E-state index is 0.0298. The second-order valence-corrected chi connectivity index (χ2v) is 6.27. The van der Waals surface area contributed by atoms with Gasteiger partial charge in [0, 0.05) is 38.6 Å². The van der Waals surface area contributed by atoms with E-state index in [1.807, 2.05) is 0 Å². The van der Waals surface area contributed by atoms with Crippen LogP contribution in [0.15, 0.2) is 36.7 Å². The number of carbonyl (C=O) groups excluding carboxylic acids is 2. The molecule has 138 valence electrons. The van der Waals surface area contributed by atoms with E-state index in [4.69, 9.17) is 4.74 Å². The number of amides is 2. The van der Waals surface area contributed by atoms with Crippen molar-refractivity contribution in [3.63, 3.8) is 0 Å². The number of carbonyl (C=O) groups is 2. The van der Waals surface area contributed by atoms with Crippen LogP contribution in [0.25, 0.3) is 0 Å². The lowest BCUT2D eigenvalue weighted by atomic mass is 10.1. The first-order valence-electron chi connectivity index (χ1n) is 8.60. The van der Waals surface area contributed by atoms with Gasteiger partial charge in [-0.3, -0.25) is 9.59 Å². The summed E-state index contributed by atoms with van der Waals surface area (Å²) in [6, 6.07) is 6.29. The van der Waals surface area contributed by atoms with Gasteiger partial charge in [0.25, 0.3) is 5.91 Å². The van der Waals surface area contributed by atoms with E-state index in [1.54, 1.807) is 34.3 Å². The minimum Gasteiger partial charge on any atom is -0.494 e. The number of aromatic amines is 1. The first kappa shape index (κ1) is 18.0. The number of nitrogens with one attached hydrogen (secondary N) is 1. The Morgan fingerprint density at radius 3 is 2.62 bits per heavy atom. The van der Waals surface area contributed by atoms with Gasteiger partial charge < -0.3 is 19.5 Å². The molecule has 1 aliphatic rings. The predicted molar refractivity (Wildman–Crippen MR) is 94.5 cm³/mol. The average molecular weight is 359 g/mol. The Bertz CT molecular complexity index is 776. The van der Waals surface area contributed by atoms with Gasteiger partial charge in [-0.05, 0) is 30.2 Å². The molecule has 1 fully saturated rings. The summed E-state index contributed by atoms with van der Waals surface area (Å²) in [5, 5.41) is 0. The van der Waals surface area contributed by atoms with Gasteiger partial charge in [-0.2, -0.15) is 0 Å². The zero-order valence-electron chi connectivity index (χ0n) is 14.7. The van der Waals surface area contributed by atoms with Crippen molar-refractivity contribution in [3.8, 4) is 5.75 Å². The van der Waals surface area contributed by atoms with Gasteiger partial charge in [0.15, 0.2) is 11.6 Å². The zero-order valence-corrected chi connectivity index (χ0v) is 14.7. The third kappa shape index (κ3) is 4.04. The fourth-order valence-corrected chi connectivity index (χ4v) is 3.12. The van der Waals surface area contributed by atoms with E-state index in [-0.39, 0.29) is 24.0 Å². The molecule has 0 radical (unpaired) electrons. The second-order valence-electron chi connectivity index (χ2n) is 6.27. The summed E-state index contributed by atoms with van der Waals surface area (Å²) in [6.45, 7) is 2.18. The van der Waals surface area contributed by atoms with Crippen molar-refractivity contribution in [2.45, 2.75) is 12.8 Å². The largest absolute Gasteiger partial charge is 0.494 e. The summed E-state index contributed by atoms with van der Waals surface area (Å²) in [7, 11) is 1.40. The van der Waals surface area contributed by atoms with Crippen LogP contribution >= 0.6 is 0 Å². The Morgan fingerprint density at radius 1 is 1.15 bits per heavy atom. The third-order valence-corrected chi connectivity index (χ3v) is 4.55. The summed E-state index contributed by atoms with van der Waals surface area (Å²) < 4.78 is 18.7. The lowest BCUT2D eigenvalue weighted by Gasteiger charge is -2.22. The maximum absolute atomic E-state index is 13.8. The topological polar surface area (TPSA) is 65.6 Å². The molecular weight excluding hydrogens is 337 g/mol. The van der Waals surface area contributed by atoms with Crippen molar-refractivity contribution in [2.24, 2.45) is 0 Å². The third-order valence-electron chi connectivity index (χ3n) is 4.55. The first-order chi connectivity index (χ1) is 12.6. The highest BCUT2D eigenvalue weighted by Crippen LogP contribution is 2.18. The number of H-pyrrole nitrogens is 1. The molecule has 1 aliphatic heterocycles. The molecule has 2 heterocycles. The van der Waals surface area contributed by atoms with Gasteiger partial charge in [-0.1, -0.05) is 6.07 Å². The van der Waals surface area contributed by atoms with Gasteiger partial charge in [-0.15, -0.1) is 0 Å². The number of benzene rings is 1. The number of ether oxygens (including phenoxy) is 1. The number of hydrogen-bond donors (Lipinski definition) is 1. The Hall–Kier alpha value is -2.83. The van der Waals surface area contributed by atoms with Crippen molar-refractivity contribution in [1.82, 2.24) is 14.8 Å². The van der Waals surface area contributed by atoms with Crippen molar-refractivity contribution in [3.05, 3.63) is 53.6 Å². The number of hydrogen-bond acceptors (Lipinski definition) is 3. The SMILES string of the molecule is COc1ccc(CC(=O)N2CCCN(C(=O)c3cc[nH]c3)CC2)cc1F. The molecule has 0 atom stereocenters. The fraction of sp³-hybridized carbons (Fsp3) is 0.368. The molecule has 1 saturated heterocycles. The predicted octanol–water partition coefficient (Wildman–Crippen LogP) is 2.08. The Labute approximate surface area is 151 Å². The highest BCUT2D eigenvalue weighted by atomic mass is 19.1. The molecule has 2 amide bonds. The molecule has 0 spiro atoms. The van der Waals surface area contributed by atoms with Crippen molar-refractivity contribution >= 4 is 11.8 Å². The lowest BCUT2D eigenvalue weighted by molar-refractivity contribution is -0.130. The average Bonchev–Trinajstić information content (AvgIpc) is 3.05. The van der Waals surface area contributed by atoms with E-state index in [2.05, 4.69) is 4.98 Å².